The molecule has 0 saturated carbocycles. The summed E-state index contributed by atoms with van der Waals surface area (Å²) >= 11 is 0. The highest BCUT2D eigenvalue weighted by molar-refractivity contribution is 7.89. The van der Waals surface area contributed by atoms with Crippen LogP contribution in [0.5, 0.6) is 5.75 Å². The number of benzene rings is 2. The highest BCUT2D eigenvalue weighted by atomic mass is 32.2. The van der Waals surface area contributed by atoms with E-state index in [0.717, 1.165) is 16.9 Å². The SMILES string of the molecule is Cc1cc(C)c(S(=O)(=O)NCCC(=O)NCc2ccccc2OC(C)C)c(C)c1. The molecule has 0 aliphatic rings. The minimum Gasteiger partial charge on any atom is -0.491 e. The number of amides is 1. The number of para-hydroxylation sites is 1. The van der Waals surface area contributed by atoms with Gasteiger partial charge in [-0.25, -0.2) is 13.1 Å². The number of carbonyl (C=O) groups is 1. The van der Waals surface area contributed by atoms with Crippen molar-refractivity contribution < 1.29 is 17.9 Å². The molecule has 0 atom stereocenters. The maximum absolute atomic E-state index is 12.6. The monoisotopic (exact) mass is 418 g/mol. The van der Waals surface area contributed by atoms with E-state index in [2.05, 4.69) is 10.0 Å². The number of aryl methyl sites for hydroxylation is 3. The largest absolute Gasteiger partial charge is 0.491 e. The molecule has 2 aromatic rings. The third-order valence-corrected chi connectivity index (χ3v) is 6.09. The first-order chi connectivity index (χ1) is 13.6. The molecule has 2 aromatic carbocycles. The summed E-state index contributed by atoms with van der Waals surface area (Å²) in [5, 5.41) is 2.82. The molecule has 0 unspecified atom stereocenters. The molecule has 7 heteroatoms. The van der Waals surface area contributed by atoms with E-state index in [1.165, 1.54) is 0 Å². The minimum absolute atomic E-state index is 0.0328. The average molecular weight is 419 g/mol. The van der Waals surface area contributed by atoms with Gasteiger partial charge in [0.2, 0.25) is 15.9 Å². The van der Waals surface area contributed by atoms with Crippen molar-refractivity contribution in [2.24, 2.45) is 0 Å². The Morgan fingerprint density at radius 3 is 2.31 bits per heavy atom. The normalized spacial score (nSPS) is 11.5. The summed E-state index contributed by atoms with van der Waals surface area (Å²) in [4.78, 5) is 12.4. The van der Waals surface area contributed by atoms with E-state index in [1.807, 2.05) is 57.2 Å². The average Bonchev–Trinajstić information content (AvgIpc) is 2.59. The lowest BCUT2D eigenvalue weighted by Gasteiger charge is -2.15. The third-order valence-electron chi connectivity index (χ3n) is 4.33. The van der Waals surface area contributed by atoms with Gasteiger partial charge in [-0.3, -0.25) is 4.79 Å². The third kappa shape index (κ3) is 6.58. The van der Waals surface area contributed by atoms with Crippen molar-refractivity contribution in [1.82, 2.24) is 10.0 Å². The van der Waals surface area contributed by atoms with Gasteiger partial charge in [-0.2, -0.15) is 0 Å². The van der Waals surface area contributed by atoms with Gasteiger partial charge in [0.05, 0.1) is 11.0 Å². The lowest BCUT2D eigenvalue weighted by molar-refractivity contribution is -0.121. The minimum atomic E-state index is -3.67. The number of rotatable bonds is 9. The van der Waals surface area contributed by atoms with Crippen molar-refractivity contribution in [3.8, 4) is 5.75 Å². The summed E-state index contributed by atoms with van der Waals surface area (Å²) in [5.41, 5.74) is 3.28. The topological polar surface area (TPSA) is 84.5 Å². The first-order valence-corrected chi connectivity index (χ1v) is 11.2. The van der Waals surface area contributed by atoms with Gasteiger partial charge >= 0.3 is 0 Å². The van der Waals surface area contributed by atoms with Crippen molar-refractivity contribution in [3.63, 3.8) is 0 Å². The van der Waals surface area contributed by atoms with E-state index < -0.39 is 10.0 Å². The van der Waals surface area contributed by atoms with Crippen LogP contribution in [-0.2, 0) is 21.4 Å². The molecule has 0 radical (unpaired) electrons. The van der Waals surface area contributed by atoms with Crippen LogP contribution in [0.1, 0.15) is 42.5 Å². The van der Waals surface area contributed by atoms with Gasteiger partial charge in [0, 0.05) is 25.1 Å². The summed E-state index contributed by atoms with van der Waals surface area (Å²) in [6, 6.07) is 11.2. The molecule has 158 valence electrons. The fourth-order valence-corrected chi connectivity index (χ4v) is 4.74. The zero-order chi connectivity index (χ0) is 21.6. The predicted molar refractivity (Wildman–Crippen MR) is 115 cm³/mol. The number of hydrogen-bond acceptors (Lipinski definition) is 4. The van der Waals surface area contributed by atoms with E-state index in [-0.39, 0.29) is 29.9 Å². The van der Waals surface area contributed by atoms with Crippen LogP contribution in [0.3, 0.4) is 0 Å². The molecule has 0 saturated heterocycles. The van der Waals surface area contributed by atoms with E-state index in [9.17, 15) is 13.2 Å². The van der Waals surface area contributed by atoms with Gasteiger partial charge in [-0.15, -0.1) is 0 Å². The van der Waals surface area contributed by atoms with Crippen LogP contribution in [0.15, 0.2) is 41.3 Å². The van der Waals surface area contributed by atoms with E-state index in [0.29, 0.717) is 17.7 Å². The van der Waals surface area contributed by atoms with E-state index >= 15 is 0 Å². The van der Waals surface area contributed by atoms with Crippen molar-refractivity contribution >= 4 is 15.9 Å². The maximum atomic E-state index is 12.6. The number of hydrogen-bond donors (Lipinski definition) is 2. The predicted octanol–water partition coefficient (Wildman–Crippen LogP) is 3.38. The Bertz CT molecular complexity index is 946. The fourth-order valence-electron chi connectivity index (χ4n) is 3.26. The van der Waals surface area contributed by atoms with E-state index in [1.54, 1.807) is 13.8 Å². The second-order valence-electron chi connectivity index (χ2n) is 7.43. The molecule has 0 aliphatic heterocycles. The molecule has 6 nitrogen and oxygen atoms in total. The first kappa shape index (κ1) is 22.9. The summed E-state index contributed by atoms with van der Waals surface area (Å²) in [5.74, 6) is 0.498. The molecule has 2 N–H and O–H groups in total. The molecule has 0 fully saturated rings. The van der Waals surface area contributed by atoms with Crippen LogP contribution in [0.2, 0.25) is 0 Å². The second kappa shape index (κ2) is 9.89. The number of nitrogens with one attached hydrogen (secondary N) is 2. The number of carbonyl (C=O) groups excluding carboxylic acids is 1. The Kier molecular flexibility index (Phi) is 7.81. The fraction of sp³-hybridized carbons (Fsp3) is 0.409. The Morgan fingerprint density at radius 2 is 1.69 bits per heavy atom. The van der Waals surface area contributed by atoms with Crippen LogP contribution >= 0.6 is 0 Å². The highest BCUT2D eigenvalue weighted by Crippen LogP contribution is 2.21. The Labute approximate surface area is 173 Å². The van der Waals surface area contributed by atoms with Gasteiger partial charge in [0.1, 0.15) is 5.75 Å². The zero-order valence-electron chi connectivity index (χ0n) is 17.7. The first-order valence-electron chi connectivity index (χ1n) is 9.69. The molecular weight excluding hydrogens is 388 g/mol. The molecule has 1 amide bonds. The van der Waals surface area contributed by atoms with Gasteiger partial charge in [0.25, 0.3) is 0 Å². The molecule has 0 aromatic heterocycles. The van der Waals surface area contributed by atoms with Crippen LogP contribution in [0.4, 0.5) is 0 Å². The molecule has 0 heterocycles. The molecular formula is C22H30N2O4S. The molecule has 29 heavy (non-hydrogen) atoms. The quantitative estimate of drug-likeness (QED) is 0.654. The van der Waals surface area contributed by atoms with Crippen molar-refractivity contribution in [3.05, 3.63) is 58.7 Å². The Hall–Kier alpha value is -2.38. The van der Waals surface area contributed by atoms with E-state index in [4.69, 9.17) is 4.74 Å². The summed E-state index contributed by atoms with van der Waals surface area (Å²) in [6.07, 6.45) is 0.0890. The van der Waals surface area contributed by atoms with Gasteiger partial charge in [0.15, 0.2) is 0 Å². The zero-order valence-corrected chi connectivity index (χ0v) is 18.5. The lowest BCUT2D eigenvalue weighted by Crippen LogP contribution is -2.31. The Balaban J connectivity index is 1.91. The maximum Gasteiger partial charge on any atom is 0.241 e. The highest BCUT2D eigenvalue weighted by Gasteiger charge is 2.19. The summed E-state index contributed by atoms with van der Waals surface area (Å²) < 4.78 is 33.5. The van der Waals surface area contributed by atoms with Crippen molar-refractivity contribution in [1.29, 1.82) is 0 Å². The van der Waals surface area contributed by atoms with Crippen molar-refractivity contribution in [2.75, 3.05) is 6.54 Å². The Morgan fingerprint density at radius 1 is 1.07 bits per heavy atom. The van der Waals surface area contributed by atoms with Gasteiger partial charge in [-0.1, -0.05) is 35.9 Å². The second-order valence-corrected chi connectivity index (χ2v) is 9.13. The van der Waals surface area contributed by atoms with Gasteiger partial charge in [-0.05, 0) is 51.8 Å². The van der Waals surface area contributed by atoms with Gasteiger partial charge < -0.3 is 10.1 Å². The van der Waals surface area contributed by atoms with Crippen molar-refractivity contribution in [2.45, 2.75) is 58.6 Å². The molecule has 0 bridgehead atoms. The standard InChI is InChI=1S/C22H30N2O4S/c1-15(2)28-20-9-7-6-8-19(20)14-23-21(25)10-11-24-29(26,27)22-17(4)12-16(3)13-18(22)5/h6-9,12-13,15,24H,10-11,14H2,1-5H3,(H,23,25). The number of ether oxygens (including phenoxy) is 1. The molecule has 0 aliphatic carbocycles. The smallest absolute Gasteiger partial charge is 0.241 e. The number of sulfonamides is 1. The van der Waals surface area contributed by atoms with Crippen LogP contribution in [0, 0.1) is 20.8 Å². The van der Waals surface area contributed by atoms with Crippen LogP contribution in [-0.4, -0.2) is 27.0 Å². The molecule has 2 rings (SSSR count). The molecule has 0 spiro atoms. The van der Waals surface area contributed by atoms with Crippen LogP contribution in [0.25, 0.3) is 0 Å². The van der Waals surface area contributed by atoms with Crippen LogP contribution < -0.4 is 14.8 Å². The lowest BCUT2D eigenvalue weighted by atomic mass is 10.1. The summed E-state index contributed by atoms with van der Waals surface area (Å²) in [6.45, 7) is 9.72. The summed E-state index contributed by atoms with van der Waals surface area (Å²) in [7, 11) is -3.67.